The van der Waals surface area contributed by atoms with Crippen LogP contribution in [0.2, 0.25) is 0 Å². The summed E-state index contributed by atoms with van der Waals surface area (Å²) in [4.78, 5) is 44.1. The topological polar surface area (TPSA) is 124 Å². The van der Waals surface area contributed by atoms with Gasteiger partial charge in [-0.05, 0) is 37.0 Å². The number of urea groups is 1. The Kier molecular flexibility index (Phi) is 7.30. The van der Waals surface area contributed by atoms with E-state index >= 15 is 0 Å². The first-order valence-electron chi connectivity index (χ1n) is 14.7. The molecule has 3 aromatic rings. The molecule has 2 aromatic heterocycles. The Hall–Kier alpha value is -4.12. The number of pyridine rings is 1. The van der Waals surface area contributed by atoms with Crippen molar-refractivity contribution in [2.75, 3.05) is 32.7 Å². The molecule has 3 aliphatic rings. The molecule has 1 aromatic carbocycles. The molecule has 1 spiro atoms. The maximum absolute atomic E-state index is 14.1. The lowest BCUT2D eigenvalue weighted by molar-refractivity contribution is -0.137. The van der Waals surface area contributed by atoms with Crippen molar-refractivity contribution in [2.45, 2.75) is 50.3 Å². The summed E-state index contributed by atoms with van der Waals surface area (Å²) in [5, 5.41) is 26.1. The fraction of sp³-hybridized carbons (Fsp3) is 0.484. The smallest absolute Gasteiger partial charge is 0.407 e. The minimum Gasteiger partial charge on any atom is -0.465 e. The minimum absolute atomic E-state index is 0.125. The summed E-state index contributed by atoms with van der Waals surface area (Å²) >= 11 is 0. The Morgan fingerprint density at radius 1 is 1.00 bits per heavy atom. The van der Waals surface area contributed by atoms with Crippen LogP contribution in [0.1, 0.15) is 43.7 Å². The van der Waals surface area contributed by atoms with Crippen molar-refractivity contribution < 1.29 is 19.8 Å². The lowest BCUT2D eigenvalue weighted by Crippen LogP contribution is -2.64. The molecule has 1 saturated carbocycles. The van der Waals surface area contributed by atoms with Gasteiger partial charge in [-0.25, -0.2) is 9.59 Å². The number of aliphatic hydroxyl groups is 1. The molecule has 11 nitrogen and oxygen atoms in total. The summed E-state index contributed by atoms with van der Waals surface area (Å²) in [6.07, 6.45) is 6.30. The van der Waals surface area contributed by atoms with Crippen molar-refractivity contribution in [3.8, 4) is 11.3 Å². The standard InChI is InChI=1S/C31H38N6O5/c1-33-25(9-14-32-33)24-10-15-35(27(38)19-24)22-31(42)13-16-36(21-30(31)11-5-6-12-30)28(39)37-18-17-34(29(40)41)20-26(37)23-7-3-2-4-8-23/h2-4,7-10,14-15,19,26,42H,5-6,11-13,16-18,20-22H2,1H3,(H,40,41). The predicted molar refractivity (Wildman–Crippen MR) is 156 cm³/mol. The van der Waals surface area contributed by atoms with Crippen LogP contribution in [-0.4, -0.2) is 89.7 Å². The number of rotatable bonds is 4. The van der Waals surface area contributed by atoms with Crippen molar-refractivity contribution in [1.82, 2.24) is 29.0 Å². The Labute approximate surface area is 244 Å². The molecule has 1 aliphatic carbocycles. The van der Waals surface area contributed by atoms with Crippen LogP contribution in [0.4, 0.5) is 9.59 Å². The number of piperazine rings is 1. The Morgan fingerprint density at radius 2 is 1.76 bits per heavy atom. The first-order chi connectivity index (χ1) is 20.2. The molecule has 2 aliphatic heterocycles. The van der Waals surface area contributed by atoms with Crippen molar-refractivity contribution >= 4 is 12.1 Å². The van der Waals surface area contributed by atoms with Gasteiger partial charge in [0.1, 0.15) is 0 Å². The number of benzene rings is 1. The molecule has 4 heterocycles. The molecular weight excluding hydrogens is 536 g/mol. The van der Waals surface area contributed by atoms with Crippen LogP contribution in [-0.2, 0) is 13.6 Å². The quantitative estimate of drug-likeness (QED) is 0.492. The van der Waals surface area contributed by atoms with Crippen molar-refractivity contribution in [2.24, 2.45) is 12.5 Å². The number of hydrogen-bond acceptors (Lipinski definition) is 5. The highest BCUT2D eigenvalue weighted by atomic mass is 16.4. The summed E-state index contributed by atoms with van der Waals surface area (Å²) in [5.41, 5.74) is 0.668. The van der Waals surface area contributed by atoms with Gasteiger partial charge in [0.05, 0.1) is 23.9 Å². The van der Waals surface area contributed by atoms with E-state index in [0.29, 0.717) is 26.1 Å². The van der Waals surface area contributed by atoms with Gasteiger partial charge >= 0.3 is 12.1 Å². The van der Waals surface area contributed by atoms with Gasteiger partial charge in [-0.3, -0.25) is 9.48 Å². The van der Waals surface area contributed by atoms with E-state index in [4.69, 9.17) is 0 Å². The van der Waals surface area contributed by atoms with Gasteiger partial charge in [0.2, 0.25) is 0 Å². The third kappa shape index (κ3) is 4.95. The zero-order valence-electron chi connectivity index (χ0n) is 23.9. The second-order valence-corrected chi connectivity index (χ2v) is 12.0. The molecule has 2 unspecified atom stereocenters. The highest BCUT2D eigenvalue weighted by Gasteiger charge is 2.56. The highest BCUT2D eigenvalue weighted by Crippen LogP contribution is 2.52. The van der Waals surface area contributed by atoms with Crippen molar-refractivity contribution in [3.63, 3.8) is 0 Å². The maximum atomic E-state index is 14.1. The third-order valence-electron chi connectivity index (χ3n) is 9.73. The average molecular weight is 575 g/mol. The first kappa shape index (κ1) is 28.0. The van der Waals surface area contributed by atoms with E-state index in [9.17, 15) is 24.6 Å². The van der Waals surface area contributed by atoms with E-state index in [-0.39, 0.29) is 37.3 Å². The van der Waals surface area contributed by atoms with Crippen molar-refractivity contribution in [1.29, 1.82) is 0 Å². The molecule has 3 amide bonds. The van der Waals surface area contributed by atoms with Gasteiger partial charge in [-0.2, -0.15) is 5.10 Å². The van der Waals surface area contributed by atoms with Crippen LogP contribution in [0, 0.1) is 5.41 Å². The summed E-state index contributed by atoms with van der Waals surface area (Å²) < 4.78 is 3.31. The summed E-state index contributed by atoms with van der Waals surface area (Å²) in [7, 11) is 1.83. The number of carboxylic acid groups (broad SMARTS) is 1. The van der Waals surface area contributed by atoms with E-state index in [1.165, 1.54) is 4.90 Å². The lowest BCUT2D eigenvalue weighted by atomic mass is 9.66. The van der Waals surface area contributed by atoms with E-state index in [1.54, 1.807) is 32.6 Å². The number of amides is 3. The average Bonchev–Trinajstić information content (AvgIpc) is 3.65. The zero-order chi connectivity index (χ0) is 29.5. The summed E-state index contributed by atoms with van der Waals surface area (Å²) in [6.45, 7) is 1.71. The molecule has 3 fully saturated rings. The van der Waals surface area contributed by atoms with Gasteiger partial charge in [-0.1, -0.05) is 43.2 Å². The summed E-state index contributed by atoms with van der Waals surface area (Å²) in [5.74, 6) is 0. The SMILES string of the molecule is Cn1nccc1-c1ccn(CC2(O)CCN(C(=O)N3CCN(C(=O)O)CC3c3ccccc3)CC23CCCC3)c(=O)c1. The highest BCUT2D eigenvalue weighted by molar-refractivity contribution is 5.76. The lowest BCUT2D eigenvalue weighted by Gasteiger charge is -2.53. The largest absolute Gasteiger partial charge is 0.465 e. The fourth-order valence-electron chi connectivity index (χ4n) is 7.33. The Balaban J connectivity index is 1.23. The number of likely N-dealkylation sites (tertiary alicyclic amines) is 1. The van der Waals surface area contributed by atoms with Crippen molar-refractivity contribution in [3.05, 3.63) is 76.8 Å². The van der Waals surface area contributed by atoms with E-state index in [2.05, 4.69) is 5.10 Å². The van der Waals surface area contributed by atoms with Gasteiger partial charge in [0.25, 0.3) is 5.56 Å². The molecule has 11 heteroatoms. The fourth-order valence-corrected chi connectivity index (χ4v) is 7.33. The molecule has 222 valence electrons. The number of hydrogen-bond donors (Lipinski definition) is 2. The molecule has 2 atom stereocenters. The zero-order valence-corrected chi connectivity index (χ0v) is 23.9. The first-order valence-corrected chi connectivity index (χ1v) is 14.7. The van der Waals surface area contributed by atoms with Gasteiger partial charge in [0.15, 0.2) is 0 Å². The molecule has 0 bridgehead atoms. The normalized spacial score (nSPS) is 23.9. The number of carbonyl (C=O) groups is 2. The van der Waals surface area contributed by atoms with Crippen LogP contribution in [0.3, 0.4) is 0 Å². The molecule has 42 heavy (non-hydrogen) atoms. The number of piperidine rings is 1. The number of carbonyl (C=O) groups excluding carboxylic acids is 1. The maximum Gasteiger partial charge on any atom is 0.407 e. The molecule has 2 saturated heterocycles. The van der Waals surface area contributed by atoms with Crippen LogP contribution < -0.4 is 5.56 Å². The van der Waals surface area contributed by atoms with Gasteiger partial charge < -0.3 is 29.5 Å². The van der Waals surface area contributed by atoms with Gasteiger partial charge in [-0.15, -0.1) is 0 Å². The Bertz CT molecular complexity index is 1510. The summed E-state index contributed by atoms with van der Waals surface area (Å²) in [6, 6.07) is 14.4. The van der Waals surface area contributed by atoms with E-state index in [1.807, 2.05) is 54.4 Å². The van der Waals surface area contributed by atoms with Crippen LogP contribution in [0.25, 0.3) is 11.3 Å². The van der Waals surface area contributed by atoms with E-state index in [0.717, 1.165) is 42.5 Å². The Morgan fingerprint density at radius 3 is 2.43 bits per heavy atom. The minimum atomic E-state index is -1.14. The second-order valence-electron chi connectivity index (χ2n) is 12.0. The number of aryl methyl sites for hydroxylation is 1. The third-order valence-corrected chi connectivity index (χ3v) is 9.73. The van der Waals surface area contributed by atoms with E-state index < -0.39 is 17.1 Å². The molecule has 2 N–H and O–H groups in total. The number of aromatic nitrogens is 3. The molecule has 0 radical (unpaired) electrons. The number of nitrogens with zero attached hydrogens (tertiary/aromatic N) is 6. The van der Waals surface area contributed by atoms with Crippen LogP contribution >= 0.6 is 0 Å². The second kappa shape index (κ2) is 10.9. The predicted octanol–water partition coefficient (Wildman–Crippen LogP) is 3.40. The van der Waals surface area contributed by atoms with Crippen LogP contribution in [0.15, 0.2) is 65.7 Å². The van der Waals surface area contributed by atoms with Gasteiger partial charge in [0, 0.05) is 69.2 Å². The van der Waals surface area contributed by atoms with Crippen LogP contribution in [0.5, 0.6) is 0 Å². The monoisotopic (exact) mass is 574 g/mol. The molecule has 6 rings (SSSR count). The molecular formula is C31H38N6O5.